The molecule has 90 valence electrons. The van der Waals surface area contributed by atoms with Crippen molar-refractivity contribution in [2.24, 2.45) is 5.92 Å². The van der Waals surface area contributed by atoms with E-state index in [4.69, 9.17) is 10.2 Å². The monoisotopic (exact) mass is 231 g/mol. The first kappa shape index (κ1) is 10.4. The van der Waals surface area contributed by atoms with E-state index in [9.17, 15) is 0 Å². The van der Waals surface area contributed by atoms with E-state index in [0.717, 1.165) is 17.0 Å². The Morgan fingerprint density at radius 2 is 2.41 bits per heavy atom. The molecule has 1 aliphatic rings. The molecule has 1 aromatic heterocycles. The van der Waals surface area contributed by atoms with Gasteiger partial charge in [-0.1, -0.05) is 19.4 Å². The van der Waals surface area contributed by atoms with E-state index in [1.54, 1.807) is 0 Å². The summed E-state index contributed by atoms with van der Waals surface area (Å²) < 4.78 is 5.62. The van der Waals surface area contributed by atoms with Gasteiger partial charge in [-0.25, -0.2) is 0 Å². The molecule has 0 aliphatic heterocycles. The van der Waals surface area contributed by atoms with Crippen LogP contribution in [0.1, 0.15) is 26.2 Å². The van der Waals surface area contributed by atoms with Crippen molar-refractivity contribution in [1.82, 2.24) is 4.98 Å². The summed E-state index contributed by atoms with van der Waals surface area (Å²) in [6.45, 7) is 2.22. The highest BCUT2D eigenvalue weighted by atomic mass is 16.4. The maximum absolute atomic E-state index is 5.84. The Labute approximate surface area is 100 Å². The Morgan fingerprint density at radius 1 is 1.53 bits per heavy atom. The number of rotatable bonds is 4. The van der Waals surface area contributed by atoms with Crippen LogP contribution in [-0.4, -0.2) is 11.0 Å². The lowest BCUT2D eigenvalue weighted by molar-refractivity contribution is 0.606. The molecule has 4 nitrogen and oxygen atoms in total. The molecule has 2 unspecified atom stereocenters. The van der Waals surface area contributed by atoms with Crippen LogP contribution < -0.4 is 11.1 Å². The van der Waals surface area contributed by atoms with Gasteiger partial charge in [-0.2, -0.15) is 4.98 Å². The van der Waals surface area contributed by atoms with Crippen molar-refractivity contribution < 1.29 is 4.42 Å². The average molecular weight is 231 g/mol. The molecule has 0 amide bonds. The van der Waals surface area contributed by atoms with Crippen LogP contribution in [0.25, 0.3) is 11.1 Å². The second-order valence-corrected chi connectivity index (χ2v) is 4.75. The van der Waals surface area contributed by atoms with Crippen LogP contribution in [0, 0.1) is 5.92 Å². The Morgan fingerprint density at radius 3 is 3.18 bits per heavy atom. The van der Waals surface area contributed by atoms with Gasteiger partial charge in [-0.3, -0.25) is 0 Å². The summed E-state index contributed by atoms with van der Waals surface area (Å²) in [5, 5.41) is 3.33. The standard InChI is InChI=1S/C13H17N3O/c1-2-4-8-7-10(8)15-13-16-12-9(14)5-3-6-11(12)17-13/h3,5-6,8,10H,2,4,7,14H2,1H3,(H,15,16). The molecule has 17 heavy (non-hydrogen) atoms. The molecule has 1 saturated carbocycles. The van der Waals surface area contributed by atoms with Gasteiger partial charge in [0.1, 0.15) is 5.52 Å². The van der Waals surface area contributed by atoms with Crippen LogP contribution in [0.3, 0.4) is 0 Å². The number of hydrogen-bond acceptors (Lipinski definition) is 4. The number of hydrogen-bond donors (Lipinski definition) is 2. The first-order valence-corrected chi connectivity index (χ1v) is 6.19. The van der Waals surface area contributed by atoms with Crippen LogP contribution in [-0.2, 0) is 0 Å². The molecule has 1 aliphatic carbocycles. The quantitative estimate of drug-likeness (QED) is 0.794. The second-order valence-electron chi connectivity index (χ2n) is 4.75. The van der Waals surface area contributed by atoms with Crippen molar-refractivity contribution in [2.75, 3.05) is 11.1 Å². The van der Waals surface area contributed by atoms with Crippen molar-refractivity contribution in [3.8, 4) is 0 Å². The van der Waals surface area contributed by atoms with E-state index in [1.165, 1.54) is 19.3 Å². The van der Waals surface area contributed by atoms with E-state index in [0.29, 0.717) is 17.7 Å². The predicted molar refractivity (Wildman–Crippen MR) is 68.8 cm³/mol. The van der Waals surface area contributed by atoms with Crippen molar-refractivity contribution in [3.63, 3.8) is 0 Å². The van der Waals surface area contributed by atoms with Crippen LogP contribution in [0.2, 0.25) is 0 Å². The molecule has 1 heterocycles. The minimum Gasteiger partial charge on any atom is -0.423 e. The van der Waals surface area contributed by atoms with Gasteiger partial charge in [0, 0.05) is 6.04 Å². The fraction of sp³-hybridized carbons (Fsp3) is 0.462. The first-order valence-electron chi connectivity index (χ1n) is 6.19. The molecule has 3 rings (SSSR count). The molecule has 0 saturated heterocycles. The third-order valence-corrected chi connectivity index (χ3v) is 3.34. The van der Waals surface area contributed by atoms with Crippen molar-refractivity contribution in [1.29, 1.82) is 0 Å². The van der Waals surface area contributed by atoms with Crippen LogP contribution in [0.15, 0.2) is 22.6 Å². The number of nitrogen functional groups attached to an aromatic ring is 1. The highest BCUT2D eigenvalue weighted by Gasteiger charge is 2.36. The van der Waals surface area contributed by atoms with E-state index < -0.39 is 0 Å². The highest BCUT2D eigenvalue weighted by Crippen LogP contribution is 2.37. The van der Waals surface area contributed by atoms with Gasteiger partial charge in [0.25, 0.3) is 6.01 Å². The number of aromatic nitrogens is 1. The number of anilines is 2. The zero-order valence-corrected chi connectivity index (χ0v) is 9.94. The van der Waals surface area contributed by atoms with Gasteiger partial charge < -0.3 is 15.5 Å². The zero-order valence-electron chi connectivity index (χ0n) is 9.94. The molecule has 1 fully saturated rings. The van der Waals surface area contributed by atoms with Gasteiger partial charge in [-0.05, 0) is 30.9 Å². The summed E-state index contributed by atoms with van der Waals surface area (Å²) in [5.74, 6) is 0.785. The molecule has 0 radical (unpaired) electrons. The Bertz CT molecular complexity index is 534. The molecule has 1 aromatic carbocycles. The molecule has 0 spiro atoms. The van der Waals surface area contributed by atoms with Gasteiger partial charge >= 0.3 is 0 Å². The largest absolute Gasteiger partial charge is 0.423 e. The normalized spacial score (nSPS) is 22.9. The molecule has 4 heteroatoms. The van der Waals surface area contributed by atoms with E-state index >= 15 is 0 Å². The van der Waals surface area contributed by atoms with E-state index in [2.05, 4.69) is 17.2 Å². The number of oxazole rings is 1. The zero-order chi connectivity index (χ0) is 11.8. The van der Waals surface area contributed by atoms with E-state index in [1.807, 2.05) is 18.2 Å². The first-order chi connectivity index (χ1) is 8.28. The highest BCUT2D eigenvalue weighted by molar-refractivity contribution is 5.86. The van der Waals surface area contributed by atoms with Crippen molar-refractivity contribution in [2.45, 2.75) is 32.2 Å². The summed E-state index contributed by atoms with van der Waals surface area (Å²) in [6, 6.07) is 6.74. The second kappa shape index (κ2) is 3.95. The minimum atomic E-state index is 0.532. The maximum atomic E-state index is 5.84. The Kier molecular flexibility index (Phi) is 2.42. The number of nitrogens with zero attached hydrogens (tertiary/aromatic N) is 1. The van der Waals surface area contributed by atoms with Gasteiger partial charge in [0.2, 0.25) is 0 Å². The summed E-state index contributed by atoms with van der Waals surface area (Å²) in [4.78, 5) is 4.38. The maximum Gasteiger partial charge on any atom is 0.295 e. The summed E-state index contributed by atoms with van der Waals surface area (Å²) in [5.41, 5.74) is 8.01. The van der Waals surface area contributed by atoms with Crippen molar-refractivity contribution in [3.05, 3.63) is 18.2 Å². The molecule has 0 bridgehead atoms. The number of para-hydroxylation sites is 1. The fourth-order valence-corrected chi connectivity index (χ4v) is 2.30. The van der Waals surface area contributed by atoms with Crippen LogP contribution >= 0.6 is 0 Å². The van der Waals surface area contributed by atoms with Gasteiger partial charge in [-0.15, -0.1) is 0 Å². The van der Waals surface area contributed by atoms with Crippen LogP contribution in [0.4, 0.5) is 11.7 Å². The fourth-order valence-electron chi connectivity index (χ4n) is 2.30. The lowest BCUT2D eigenvalue weighted by Gasteiger charge is -1.98. The average Bonchev–Trinajstić information content (AvgIpc) is 2.88. The molecular weight excluding hydrogens is 214 g/mol. The predicted octanol–water partition coefficient (Wildman–Crippen LogP) is 3.01. The minimum absolute atomic E-state index is 0.532. The van der Waals surface area contributed by atoms with Crippen LogP contribution in [0.5, 0.6) is 0 Å². The van der Waals surface area contributed by atoms with Gasteiger partial charge in [0.05, 0.1) is 5.69 Å². The van der Waals surface area contributed by atoms with E-state index in [-0.39, 0.29) is 0 Å². The number of fused-ring (bicyclic) bond motifs is 1. The third-order valence-electron chi connectivity index (χ3n) is 3.34. The lowest BCUT2D eigenvalue weighted by atomic mass is 10.2. The summed E-state index contributed by atoms with van der Waals surface area (Å²) in [6.07, 6.45) is 3.74. The van der Waals surface area contributed by atoms with Crippen molar-refractivity contribution >= 4 is 22.8 Å². The number of nitrogens with one attached hydrogen (secondary N) is 1. The summed E-state index contributed by atoms with van der Waals surface area (Å²) in [7, 11) is 0. The number of benzene rings is 1. The smallest absolute Gasteiger partial charge is 0.295 e. The lowest BCUT2D eigenvalue weighted by Crippen LogP contribution is -2.04. The molecule has 3 N–H and O–H groups in total. The third kappa shape index (κ3) is 1.95. The Hall–Kier alpha value is -1.71. The topological polar surface area (TPSA) is 64.1 Å². The number of nitrogens with two attached hydrogens (primary N) is 1. The summed E-state index contributed by atoms with van der Waals surface area (Å²) >= 11 is 0. The molecule has 2 aromatic rings. The van der Waals surface area contributed by atoms with Gasteiger partial charge in [0.15, 0.2) is 5.58 Å². The molecular formula is C13H17N3O. The molecule has 2 atom stereocenters. The SMILES string of the molecule is CCCC1CC1Nc1nc2c(N)cccc2o1. The Balaban J connectivity index is 1.76.